The van der Waals surface area contributed by atoms with E-state index in [1.165, 1.54) is 6.92 Å². The molecule has 0 aliphatic rings. The monoisotopic (exact) mass is 233 g/mol. The highest BCUT2D eigenvalue weighted by molar-refractivity contribution is 5.95. The summed E-state index contributed by atoms with van der Waals surface area (Å²) in [6.07, 6.45) is 3.32. The number of carboxylic acid groups (broad SMARTS) is 1. The maximum Gasteiger partial charge on any atom is 0.325 e. The van der Waals surface area contributed by atoms with Crippen molar-refractivity contribution >= 4 is 17.5 Å². The van der Waals surface area contributed by atoms with Gasteiger partial charge >= 0.3 is 5.97 Å². The molecule has 0 saturated heterocycles. The third kappa shape index (κ3) is 2.25. The minimum atomic E-state index is -1.08. The van der Waals surface area contributed by atoms with Gasteiger partial charge in [0.25, 0.3) is 5.91 Å². The summed E-state index contributed by atoms with van der Waals surface area (Å²) < 4.78 is 1.69. The van der Waals surface area contributed by atoms with Gasteiger partial charge in [-0.15, -0.1) is 0 Å². The van der Waals surface area contributed by atoms with Crippen LogP contribution in [0.2, 0.25) is 0 Å². The van der Waals surface area contributed by atoms with Gasteiger partial charge in [-0.05, 0) is 19.1 Å². The van der Waals surface area contributed by atoms with E-state index >= 15 is 0 Å². The number of fused-ring (bicyclic) bond motifs is 1. The Morgan fingerprint density at radius 3 is 2.88 bits per heavy atom. The molecule has 0 fully saturated rings. The quantitative estimate of drug-likeness (QED) is 0.810. The van der Waals surface area contributed by atoms with Gasteiger partial charge in [0.1, 0.15) is 17.4 Å². The van der Waals surface area contributed by atoms with Gasteiger partial charge in [-0.25, -0.2) is 4.98 Å². The number of aliphatic carboxylic acids is 1. The maximum absolute atomic E-state index is 11.7. The Balaban J connectivity index is 2.22. The molecule has 0 saturated carbocycles. The summed E-state index contributed by atoms with van der Waals surface area (Å²) in [6, 6.07) is 4.45. The van der Waals surface area contributed by atoms with E-state index in [0.717, 1.165) is 0 Å². The Kier molecular flexibility index (Phi) is 2.78. The van der Waals surface area contributed by atoms with Crippen molar-refractivity contribution in [3.8, 4) is 0 Å². The van der Waals surface area contributed by atoms with Gasteiger partial charge < -0.3 is 14.8 Å². The molecule has 2 N–H and O–H groups in total. The molecule has 17 heavy (non-hydrogen) atoms. The molecule has 1 atom stereocenters. The molecule has 0 radical (unpaired) electrons. The van der Waals surface area contributed by atoms with Crippen LogP contribution in [0.15, 0.2) is 30.6 Å². The lowest BCUT2D eigenvalue weighted by Crippen LogP contribution is -2.38. The van der Waals surface area contributed by atoms with Crippen LogP contribution in [0.25, 0.3) is 5.65 Å². The van der Waals surface area contributed by atoms with Crippen LogP contribution >= 0.6 is 0 Å². The fourth-order valence-electron chi connectivity index (χ4n) is 1.38. The van der Waals surface area contributed by atoms with Crippen molar-refractivity contribution in [3.63, 3.8) is 0 Å². The molecule has 0 aliphatic heterocycles. The summed E-state index contributed by atoms with van der Waals surface area (Å²) in [4.78, 5) is 26.4. The van der Waals surface area contributed by atoms with Crippen molar-refractivity contribution in [2.45, 2.75) is 13.0 Å². The number of nitrogens with zero attached hydrogens (tertiary/aromatic N) is 2. The number of hydrogen-bond donors (Lipinski definition) is 2. The highest BCUT2D eigenvalue weighted by Gasteiger charge is 2.17. The number of pyridine rings is 1. The molecule has 6 nitrogen and oxygen atoms in total. The first-order chi connectivity index (χ1) is 8.08. The smallest absolute Gasteiger partial charge is 0.325 e. The standard InChI is InChI=1S/C11H11N3O3/c1-7(11(16)17)12-10(15)8-6-14-5-3-2-4-9(14)13-8/h2-7H,1H3,(H,12,15)(H,16,17)/t7-/m1/s1. The van der Waals surface area contributed by atoms with Gasteiger partial charge in [-0.3, -0.25) is 9.59 Å². The van der Waals surface area contributed by atoms with Crippen molar-refractivity contribution in [1.82, 2.24) is 14.7 Å². The second-order valence-electron chi connectivity index (χ2n) is 3.63. The molecular weight excluding hydrogens is 222 g/mol. The molecule has 1 amide bonds. The Bertz CT molecular complexity index is 543. The zero-order valence-corrected chi connectivity index (χ0v) is 9.12. The van der Waals surface area contributed by atoms with Crippen LogP contribution in [-0.4, -0.2) is 32.4 Å². The van der Waals surface area contributed by atoms with Crippen LogP contribution < -0.4 is 5.32 Å². The maximum atomic E-state index is 11.7. The van der Waals surface area contributed by atoms with Crippen molar-refractivity contribution in [3.05, 3.63) is 36.3 Å². The molecular formula is C11H11N3O3. The lowest BCUT2D eigenvalue weighted by Gasteiger charge is -2.06. The summed E-state index contributed by atoms with van der Waals surface area (Å²) >= 11 is 0. The van der Waals surface area contributed by atoms with E-state index in [1.54, 1.807) is 22.9 Å². The SMILES string of the molecule is C[C@@H](NC(=O)c1cn2ccccc2n1)C(=O)O. The molecule has 0 aliphatic carbocycles. The topological polar surface area (TPSA) is 83.7 Å². The molecule has 0 unspecified atom stereocenters. The van der Waals surface area contributed by atoms with Crippen LogP contribution in [-0.2, 0) is 4.79 Å². The van der Waals surface area contributed by atoms with Crippen molar-refractivity contribution in [2.24, 2.45) is 0 Å². The van der Waals surface area contributed by atoms with Crippen LogP contribution in [0.5, 0.6) is 0 Å². The Morgan fingerprint density at radius 2 is 2.24 bits per heavy atom. The molecule has 2 aromatic heterocycles. The zero-order chi connectivity index (χ0) is 12.4. The summed E-state index contributed by atoms with van der Waals surface area (Å²) in [6.45, 7) is 1.40. The third-order valence-electron chi connectivity index (χ3n) is 2.31. The number of carboxylic acids is 1. The van der Waals surface area contributed by atoms with E-state index in [1.807, 2.05) is 12.1 Å². The molecule has 2 rings (SSSR count). The number of carbonyl (C=O) groups is 2. The normalized spacial score (nSPS) is 12.3. The van der Waals surface area contributed by atoms with Crippen molar-refractivity contribution in [2.75, 3.05) is 0 Å². The zero-order valence-electron chi connectivity index (χ0n) is 9.12. The fourth-order valence-corrected chi connectivity index (χ4v) is 1.38. The third-order valence-corrected chi connectivity index (χ3v) is 2.31. The van der Waals surface area contributed by atoms with Gasteiger partial charge in [0.2, 0.25) is 0 Å². The largest absolute Gasteiger partial charge is 0.480 e. The first-order valence-corrected chi connectivity index (χ1v) is 5.05. The van der Waals surface area contributed by atoms with Gasteiger partial charge in [-0.1, -0.05) is 6.07 Å². The van der Waals surface area contributed by atoms with Crippen LogP contribution in [0.4, 0.5) is 0 Å². The summed E-state index contributed by atoms with van der Waals surface area (Å²) in [5.74, 6) is -1.58. The van der Waals surface area contributed by atoms with Crippen LogP contribution in [0.3, 0.4) is 0 Å². The van der Waals surface area contributed by atoms with E-state index in [-0.39, 0.29) is 5.69 Å². The van der Waals surface area contributed by atoms with E-state index in [9.17, 15) is 9.59 Å². The van der Waals surface area contributed by atoms with Gasteiger partial charge in [0.05, 0.1) is 0 Å². The van der Waals surface area contributed by atoms with Gasteiger partial charge in [-0.2, -0.15) is 0 Å². The molecule has 0 aromatic carbocycles. The minimum absolute atomic E-state index is 0.198. The second kappa shape index (κ2) is 4.25. The number of rotatable bonds is 3. The number of carbonyl (C=O) groups excluding carboxylic acids is 1. The number of hydrogen-bond acceptors (Lipinski definition) is 3. The molecule has 6 heteroatoms. The predicted molar refractivity (Wildman–Crippen MR) is 59.8 cm³/mol. The van der Waals surface area contributed by atoms with E-state index in [2.05, 4.69) is 10.3 Å². The van der Waals surface area contributed by atoms with E-state index in [0.29, 0.717) is 5.65 Å². The fraction of sp³-hybridized carbons (Fsp3) is 0.182. The van der Waals surface area contributed by atoms with Gasteiger partial charge in [0, 0.05) is 12.4 Å². The lowest BCUT2D eigenvalue weighted by molar-refractivity contribution is -0.138. The predicted octanol–water partition coefficient (Wildman–Crippen LogP) is 0.537. The number of amides is 1. The summed E-state index contributed by atoms with van der Waals surface area (Å²) in [5.41, 5.74) is 0.838. The highest BCUT2D eigenvalue weighted by atomic mass is 16.4. The van der Waals surface area contributed by atoms with Crippen LogP contribution in [0, 0.1) is 0 Å². The average molecular weight is 233 g/mol. The Morgan fingerprint density at radius 1 is 1.47 bits per heavy atom. The number of aromatic nitrogens is 2. The number of imidazole rings is 1. The van der Waals surface area contributed by atoms with Crippen LogP contribution in [0.1, 0.15) is 17.4 Å². The lowest BCUT2D eigenvalue weighted by atomic mass is 10.3. The molecule has 2 heterocycles. The van der Waals surface area contributed by atoms with E-state index in [4.69, 9.17) is 5.11 Å². The van der Waals surface area contributed by atoms with Crippen molar-refractivity contribution in [1.29, 1.82) is 0 Å². The molecule has 2 aromatic rings. The average Bonchev–Trinajstić information content (AvgIpc) is 2.72. The first kappa shape index (κ1) is 11.1. The molecule has 0 spiro atoms. The molecule has 0 bridgehead atoms. The minimum Gasteiger partial charge on any atom is -0.480 e. The van der Waals surface area contributed by atoms with Crippen molar-refractivity contribution < 1.29 is 14.7 Å². The summed E-state index contributed by atoms with van der Waals surface area (Å²) in [5, 5.41) is 11.0. The second-order valence-corrected chi connectivity index (χ2v) is 3.63. The Labute approximate surface area is 96.9 Å². The molecule has 88 valence electrons. The highest BCUT2D eigenvalue weighted by Crippen LogP contribution is 2.04. The summed E-state index contributed by atoms with van der Waals surface area (Å²) in [7, 11) is 0. The Hall–Kier alpha value is -2.37. The number of nitrogens with one attached hydrogen (secondary N) is 1. The first-order valence-electron chi connectivity index (χ1n) is 5.05. The van der Waals surface area contributed by atoms with E-state index < -0.39 is 17.9 Å². The van der Waals surface area contributed by atoms with Gasteiger partial charge in [0.15, 0.2) is 0 Å².